The summed E-state index contributed by atoms with van der Waals surface area (Å²) < 4.78 is 21.9. The van der Waals surface area contributed by atoms with Crippen LogP contribution in [0.15, 0.2) is 72.0 Å². The number of esters is 1. The zero-order valence-electron chi connectivity index (χ0n) is 26.6. The van der Waals surface area contributed by atoms with Gasteiger partial charge in [0.2, 0.25) is 12.2 Å². The molecular weight excluding hydrogens is 614 g/mol. The number of hydrogen-bond acceptors (Lipinski definition) is 10. The number of rotatable bonds is 11. The van der Waals surface area contributed by atoms with Crippen LogP contribution in [0.1, 0.15) is 56.7 Å². The number of benzene rings is 2. The standard InChI is InChI=1S/C33H39N3O9S/c1-7-11-22-18-46-29-25(28(39)36(29)26(22)30(40)44-31(43-6)19-12-9-8-10-13-19)34-27(38)24(35-32(41)45-33(2,3)4)20-14-15-21(17-37)23(16-20)42-5/h7-16,24-25,29,31,37H,17-18H2,1-6H3,(H,34,38)(H,35,41)/b11-7-/t24-,25?,29+,31?/m1/s1. The van der Waals surface area contributed by atoms with Crippen LogP contribution >= 0.6 is 11.8 Å². The molecule has 12 nitrogen and oxygen atoms in total. The lowest BCUT2D eigenvalue weighted by Crippen LogP contribution is -2.71. The maximum atomic E-state index is 13.8. The average molecular weight is 654 g/mol. The molecule has 1 saturated heterocycles. The van der Waals surface area contributed by atoms with E-state index in [1.165, 1.54) is 36.9 Å². The molecular formula is C33H39N3O9S. The Hall–Kier alpha value is -4.33. The fourth-order valence-corrected chi connectivity index (χ4v) is 6.33. The van der Waals surface area contributed by atoms with Gasteiger partial charge in [0.15, 0.2) is 0 Å². The molecule has 3 amide bonds. The summed E-state index contributed by atoms with van der Waals surface area (Å²) in [6.07, 6.45) is 1.66. The highest BCUT2D eigenvalue weighted by Crippen LogP contribution is 2.42. The number of hydrogen-bond donors (Lipinski definition) is 3. The number of thioether (sulfide) groups is 1. The molecule has 2 aliphatic rings. The van der Waals surface area contributed by atoms with Gasteiger partial charge in [-0.3, -0.25) is 14.5 Å². The van der Waals surface area contributed by atoms with Crippen molar-refractivity contribution in [2.75, 3.05) is 20.0 Å². The fraction of sp³-hybridized carbons (Fsp3) is 0.394. The highest BCUT2D eigenvalue weighted by molar-refractivity contribution is 8.00. The third-order valence-electron chi connectivity index (χ3n) is 7.09. The highest BCUT2D eigenvalue weighted by atomic mass is 32.2. The molecule has 0 spiro atoms. The summed E-state index contributed by atoms with van der Waals surface area (Å²) >= 11 is 1.38. The summed E-state index contributed by atoms with van der Waals surface area (Å²) in [5.41, 5.74) is 1.27. The number of aliphatic hydroxyl groups excluding tert-OH is 1. The van der Waals surface area contributed by atoms with Crippen molar-refractivity contribution < 1.29 is 43.2 Å². The Bertz CT molecular complexity index is 1520. The topological polar surface area (TPSA) is 153 Å². The van der Waals surface area contributed by atoms with Crippen molar-refractivity contribution in [3.05, 3.63) is 88.6 Å². The fourth-order valence-electron chi connectivity index (χ4n) is 5.01. The quantitative estimate of drug-likeness (QED) is 0.185. The van der Waals surface area contributed by atoms with Gasteiger partial charge >= 0.3 is 12.1 Å². The monoisotopic (exact) mass is 653 g/mol. The molecule has 4 rings (SSSR count). The zero-order chi connectivity index (χ0) is 33.6. The van der Waals surface area contributed by atoms with Gasteiger partial charge in [0.25, 0.3) is 5.91 Å². The molecule has 2 aromatic carbocycles. The van der Waals surface area contributed by atoms with Gasteiger partial charge in [-0.05, 0) is 44.9 Å². The molecule has 3 N–H and O–H groups in total. The van der Waals surface area contributed by atoms with Gasteiger partial charge in [-0.1, -0.05) is 54.6 Å². The number of aliphatic hydroxyl groups is 1. The Labute approximate surface area is 272 Å². The second-order valence-electron chi connectivity index (χ2n) is 11.5. The van der Waals surface area contributed by atoms with Crippen molar-refractivity contribution in [3.8, 4) is 5.75 Å². The first-order valence-corrected chi connectivity index (χ1v) is 15.6. The van der Waals surface area contributed by atoms with Crippen LogP contribution in [0.5, 0.6) is 5.75 Å². The highest BCUT2D eigenvalue weighted by Gasteiger charge is 2.55. The molecule has 1 fully saturated rings. The summed E-state index contributed by atoms with van der Waals surface area (Å²) in [6, 6.07) is 11.3. The van der Waals surface area contributed by atoms with E-state index in [-0.39, 0.29) is 12.3 Å². The van der Waals surface area contributed by atoms with Crippen molar-refractivity contribution in [2.24, 2.45) is 0 Å². The van der Waals surface area contributed by atoms with E-state index in [0.717, 1.165) is 0 Å². The molecule has 2 aromatic rings. The second kappa shape index (κ2) is 14.8. The Kier molecular flexibility index (Phi) is 11.1. The van der Waals surface area contributed by atoms with Crippen LogP contribution < -0.4 is 15.4 Å². The van der Waals surface area contributed by atoms with E-state index in [1.54, 1.807) is 76.2 Å². The lowest BCUT2D eigenvalue weighted by molar-refractivity contribution is -0.175. The Morgan fingerprint density at radius 3 is 2.43 bits per heavy atom. The number of fused-ring (bicyclic) bond motifs is 1. The van der Waals surface area contributed by atoms with Crippen molar-refractivity contribution in [1.82, 2.24) is 15.5 Å². The van der Waals surface area contributed by atoms with Gasteiger partial charge in [-0.25, -0.2) is 9.59 Å². The molecule has 4 atom stereocenters. The Balaban J connectivity index is 1.58. The van der Waals surface area contributed by atoms with E-state index in [1.807, 2.05) is 6.07 Å². The van der Waals surface area contributed by atoms with E-state index < -0.39 is 53.2 Å². The molecule has 0 aliphatic carbocycles. The maximum absolute atomic E-state index is 13.8. The van der Waals surface area contributed by atoms with Gasteiger partial charge in [-0.2, -0.15) is 0 Å². The van der Waals surface area contributed by atoms with Crippen LogP contribution in [0.4, 0.5) is 4.79 Å². The first kappa shape index (κ1) is 34.5. The number of allylic oxidation sites excluding steroid dienone is 2. The normalized spacial score (nSPS) is 19.1. The smallest absolute Gasteiger partial charge is 0.408 e. The number of carbonyl (C=O) groups is 4. The SMILES string of the molecule is C/C=C\C1=C(C(=O)OC(OC)c2ccccc2)N2C(=O)C(NC(=O)[C@H](NC(=O)OC(C)(C)C)c3ccc(CO)c(OC)c3)[C@@H]2SC1. The molecule has 2 aliphatic heterocycles. The van der Waals surface area contributed by atoms with Gasteiger partial charge in [0, 0.05) is 24.0 Å². The predicted molar refractivity (Wildman–Crippen MR) is 170 cm³/mol. The molecule has 246 valence electrons. The van der Waals surface area contributed by atoms with E-state index >= 15 is 0 Å². The van der Waals surface area contributed by atoms with Crippen LogP contribution in [0.2, 0.25) is 0 Å². The number of β-lactam (4-membered cyclic amide) rings is 1. The summed E-state index contributed by atoms with van der Waals surface area (Å²) in [7, 11) is 2.84. The van der Waals surface area contributed by atoms with E-state index in [9.17, 15) is 24.3 Å². The number of carbonyl (C=O) groups excluding carboxylic acids is 4. The maximum Gasteiger partial charge on any atom is 0.408 e. The van der Waals surface area contributed by atoms with Gasteiger partial charge in [-0.15, -0.1) is 11.8 Å². The van der Waals surface area contributed by atoms with E-state index in [0.29, 0.717) is 33.8 Å². The Morgan fingerprint density at radius 2 is 1.83 bits per heavy atom. The number of amides is 3. The first-order valence-electron chi connectivity index (χ1n) is 14.6. The predicted octanol–water partition coefficient (Wildman–Crippen LogP) is 3.87. The van der Waals surface area contributed by atoms with Crippen LogP contribution in [-0.2, 0) is 35.2 Å². The second-order valence-corrected chi connectivity index (χ2v) is 12.6. The summed E-state index contributed by atoms with van der Waals surface area (Å²) in [6.45, 7) is 6.57. The average Bonchev–Trinajstić information content (AvgIpc) is 3.03. The summed E-state index contributed by atoms with van der Waals surface area (Å²) in [5.74, 6) is -1.26. The summed E-state index contributed by atoms with van der Waals surface area (Å²) in [5, 5.41) is 14.4. The molecule has 2 unspecified atom stereocenters. The number of nitrogens with zero attached hydrogens (tertiary/aromatic N) is 1. The first-order chi connectivity index (χ1) is 21.9. The minimum Gasteiger partial charge on any atom is -0.496 e. The minimum atomic E-state index is -1.28. The lowest BCUT2D eigenvalue weighted by Gasteiger charge is -2.49. The van der Waals surface area contributed by atoms with Gasteiger partial charge in [0.1, 0.15) is 34.5 Å². The number of nitrogens with one attached hydrogen (secondary N) is 2. The van der Waals surface area contributed by atoms with Crippen molar-refractivity contribution in [1.29, 1.82) is 0 Å². The third-order valence-corrected chi connectivity index (χ3v) is 8.40. The molecule has 0 bridgehead atoms. The Morgan fingerprint density at radius 1 is 1.11 bits per heavy atom. The molecule has 0 aromatic heterocycles. The largest absolute Gasteiger partial charge is 0.496 e. The van der Waals surface area contributed by atoms with Crippen LogP contribution in [0.3, 0.4) is 0 Å². The van der Waals surface area contributed by atoms with Crippen LogP contribution in [-0.4, -0.2) is 70.9 Å². The van der Waals surface area contributed by atoms with Crippen LogP contribution in [0, 0.1) is 0 Å². The molecule has 46 heavy (non-hydrogen) atoms. The van der Waals surface area contributed by atoms with Gasteiger partial charge in [0.05, 0.1) is 13.7 Å². The van der Waals surface area contributed by atoms with Crippen LogP contribution in [0.25, 0.3) is 0 Å². The number of methoxy groups -OCH3 is 2. The molecule has 2 heterocycles. The third kappa shape index (κ3) is 7.72. The number of alkyl carbamates (subject to hydrolysis) is 1. The lowest BCUT2D eigenvalue weighted by atomic mass is 9.99. The van der Waals surface area contributed by atoms with E-state index in [2.05, 4.69) is 10.6 Å². The number of ether oxygens (including phenoxy) is 4. The van der Waals surface area contributed by atoms with Crippen molar-refractivity contribution in [3.63, 3.8) is 0 Å². The minimum absolute atomic E-state index is 0.0723. The molecule has 13 heteroatoms. The van der Waals surface area contributed by atoms with Crippen molar-refractivity contribution >= 4 is 35.6 Å². The molecule has 0 saturated carbocycles. The zero-order valence-corrected chi connectivity index (χ0v) is 27.4. The van der Waals surface area contributed by atoms with E-state index in [4.69, 9.17) is 18.9 Å². The molecule has 0 radical (unpaired) electrons. The summed E-state index contributed by atoms with van der Waals surface area (Å²) in [4.78, 5) is 55.0. The van der Waals surface area contributed by atoms with Gasteiger partial charge < -0.3 is 34.7 Å². The van der Waals surface area contributed by atoms with Crippen molar-refractivity contribution in [2.45, 2.75) is 63.7 Å².